The van der Waals surface area contributed by atoms with Gasteiger partial charge in [0.05, 0.1) is 19.3 Å². The van der Waals surface area contributed by atoms with Crippen molar-refractivity contribution in [1.29, 1.82) is 0 Å². The van der Waals surface area contributed by atoms with E-state index in [1.807, 2.05) is 11.0 Å². The van der Waals surface area contributed by atoms with Crippen LogP contribution < -0.4 is 5.32 Å². The Morgan fingerprint density at radius 1 is 1.11 bits per heavy atom. The third-order valence-electron chi connectivity index (χ3n) is 6.14. The first-order valence-electron chi connectivity index (χ1n) is 9.90. The fourth-order valence-corrected chi connectivity index (χ4v) is 4.94. The predicted octanol–water partition coefficient (Wildman–Crippen LogP) is 4.75. The molecule has 3 aliphatic rings. The van der Waals surface area contributed by atoms with Crippen molar-refractivity contribution in [3.63, 3.8) is 0 Å². The highest BCUT2D eigenvalue weighted by atomic mass is 79.9. The summed E-state index contributed by atoms with van der Waals surface area (Å²) in [5, 5.41) is 3.75. The maximum atomic E-state index is 12.9. The second-order valence-corrected chi connectivity index (χ2v) is 8.65. The Morgan fingerprint density at radius 2 is 1.89 bits per heavy atom. The number of nitrogens with one attached hydrogen (secondary N) is 1. The van der Waals surface area contributed by atoms with Crippen molar-refractivity contribution >= 4 is 27.5 Å². The Morgan fingerprint density at radius 3 is 2.68 bits per heavy atom. The van der Waals surface area contributed by atoms with Crippen molar-refractivity contribution in [3.8, 4) is 0 Å². The minimum absolute atomic E-state index is 0.111. The minimum atomic E-state index is 0.111. The molecule has 4 nitrogen and oxygen atoms in total. The number of halogens is 1. The molecule has 0 spiro atoms. The molecule has 1 aliphatic carbocycles. The highest BCUT2D eigenvalue weighted by Gasteiger charge is 2.38. The summed E-state index contributed by atoms with van der Waals surface area (Å²) < 4.78 is 6.48. The average Bonchev–Trinajstić information content (AvgIpc) is 3.24. The SMILES string of the molecule is O=C(c1ccc2c(c1)[C@@H]1C=CC[C@@H]1[C@@H](c1ccc(Br)cc1)N2)N1CCOCC1. The lowest BCUT2D eigenvalue weighted by molar-refractivity contribution is 0.0303. The summed E-state index contributed by atoms with van der Waals surface area (Å²) in [6.07, 6.45) is 5.66. The molecule has 144 valence electrons. The number of nitrogens with zero attached hydrogens (tertiary/aromatic N) is 1. The molecule has 1 N–H and O–H groups in total. The number of morpholine rings is 1. The number of hydrogen-bond acceptors (Lipinski definition) is 3. The molecule has 2 aliphatic heterocycles. The predicted molar refractivity (Wildman–Crippen MR) is 114 cm³/mol. The maximum Gasteiger partial charge on any atom is 0.254 e. The molecule has 5 heteroatoms. The summed E-state index contributed by atoms with van der Waals surface area (Å²) in [5.74, 6) is 0.935. The summed E-state index contributed by atoms with van der Waals surface area (Å²) in [5.41, 5.74) is 4.47. The van der Waals surface area contributed by atoms with Crippen molar-refractivity contribution in [2.24, 2.45) is 5.92 Å². The van der Waals surface area contributed by atoms with Crippen molar-refractivity contribution in [1.82, 2.24) is 4.90 Å². The Hall–Kier alpha value is -2.11. The molecule has 1 saturated heterocycles. The molecule has 5 rings (SSSR count). The lowest BCUT2D eigenvalue weighted by Crippen LogP contribution is -2.40. The Balaban J connectivity index is 1.47. The van der Waals surface area contributed by atoms with Crippen molar-refractivity contribution in [3.05, 3.63) is 75.8 Å². The Bertz CT molecular complexity index is 919. The molecule has 1 fully saturated rings. The lowest BCUT2D eigenvalue weighted by atomic mass is 9.76. The normalized spacial score (nSPS) is 25.8. The van der Waals surface area contributed by atoms with E-state index in [9.17, 15) is 4.79 Å². The number of anilines is 1. The van der Waals surface area contributed by atoms with E-state index in [0.717, 1.165) is 22.1 Å². The van der Waals surface area contributed by atoms with E-state index < -0.39 is 0 Å². The van der Waals surface area contributed by atoms with Gasteiger partial charge >= 0.3 is 0 Å². The van der Waals surface area contributed by atoms with Crippen LogP contribution in [0.4, 0.5) is 5.69 Å². The molecule has 2 aromatic carbocycles. The van der Waals surface area contributed by atoms with Crippen molar-refractivity contribution in [2.75, 3.05) is 31.6 Å². The number of amides is 1. The third kappa shape index (κ3) is 3.16. The molecule has 0 unspecified atom stereocenters. The first kappa shape index (κ1) is 18.0. The Labute approximate surface area is 173 Å². The van der Waals surface area contributed by atoms with Gasteiger partial charge in [-0.05, 0) is 53.8 Å². The topological polar surface area (TPSA) is 41.6 Å². The van der Waals surface area contributed by atoms with Gasteiger partial charge in [-0.1, -0.05) is 40.2 Å². The van der Waals surface area contributed by atoms with Gasteiger partial charge in [-0.2, -0.15) is 0 Å². The van der Waals surface area contributed by atoms with E-state index in [4.69, 9.17) is 4.74 Å². The summed E-state index contributed by atoms with van der Waals surface area (Å²) in [4.78, 5) is 14.8. The van der Waals surface area contributed by atoms with Crippen LogP contribution in [-0.4, -0.2) is 37.1 Å². The van der Waals surface area contributed by atoms with Crippen LogP contribution in [0, 0.1) is 5.92 Å². The lowest BCUT2D eigenvalue weighted by Gasteiger charge is -2.38. The van der Waals surface area contributed by atoms with Crippen LogP contribution in [0.25, 0.3) is 0 Å². The fraction of sp³-hybridized carbons (Fsp3) is 0.348. The van der Waals surface area contributed by atoms with E-state index >= 15 is 0 Å². The van der Waals surface area contributed by atoms with Gasteiger partial charge in [0.25, 0.3) is 5.91 Å². The van der Waals surface area contributed by atoms with Gasteiger partial charge in [-0.3, -0.25) is 4.79 Å². The smallest absolute Gasteiger partial charge is 0.254 e. The number of rotatable bonds is 2. The van der Waals surface area contributed by atoms with Gasteiger partial charge < -0.3 is 15.0 Å². The van der Waals surface area contributed by atoms with E-state index in [2.05, 4.69) is 69.8 Å². The van der Waals surface area contributed by atoms with Crippen molar-refractivity contribution in [2.45, 2.75) is 18.4 Å². The van der Waals surface area contributed by atoms with Crippen LogP contribution in [0.1, 0.15) is 39.9 Å². The molecule has 2 aromatic rings. The molecule has 0 saturated carbocycles. The van der Waals surface area contributed by atoms with Gasteiger partial charge in [-0.15, -0.1) is 0 Å². The van der Waals surface area contributed by atoms with Gasteiger partial charge in [0, 0.05) is 34.7 Å². The average molecular weight is 439 g/mol. The summed E-state index contributed by atoms with van der Waals surface area (Å²) in [6.45, 7) is 2.60. The van der Waals surface area contributed by atoms with Crippen LogP contribution in [-0.2, 0) is 4.74 Å². The maximum absolute atomic E-state index is 12.9. The highest BCUT2D eigenvalue weighted by molar-refractivity contribution is 9.10. The van der Waals surface area contributed by atoms with Gasteiger partial charge in [0.15, 0.2) is 0 Å². The second-order valence-electron chi connectivity index (χ2n) is 7.73. The van der Waals surface area contributed by atoms with Gasteiger partial charge in [0.1, 0.15) is 0 Å². The number of benzene rings is 2. The summed E-state index contributed by atoms with van der Waals surface area (Å²) in [6, 6.07) is 15.0. The molecule has 2 heterocycles. The van der Waals surface area contributed by atoms with Crippen LogP contribution in [0.2, 0.25) is 0 Å². The molecule has 0 aromatic heterocycles. The number of carbonyl (C=O) groups is 1. The number of hydrogen-bond donors (Lipinski definition) is 1. The van der Waals surface area contributed by atoms with Crippen LogP contribution in [0.3, 0.4) is 0 Å². The first-order chi connectivity index (χ1) is 13.7. The molecule has 28 heavy (non-hydrogen) atoms. The molecule has 0 radical (unpaired) electrons. The van der Waals surface area contributed by atoms with Crippen LogP contribution >= 0.6 is 15.9 Å². The zero-order valence-corrected chi connectivity index (χ0v) is 17.2. The molecule has 0 bridgehead atoms. The van der Waals surface area contributed by atoms with E-state index in [0.29, 0.717) is 38.1 Å². The van der Waals surface area contributed by atoms with Gasteiger partial charge in [0.2, 0.25) is 0 Å². The van der Waals surface area contributed by atoms with E-state index in [1.165, 1.54) is 11.1 Å². The number of fused-ring (bicyclic) bond motifs is 3. The van der Waals surface area contributed by atoms with E-state index in [-0.39, 0.29) is 11.9 Å². The van der Waals surface area contributed by atoms with Crippen LogP contribution in [0.15, 0.2) is 59.1 Å². The standard InChI is InChI=1S/C23H23BrN2O2/c24-17-7-4-15(5-8-17)22-19-3-1-2-18(19)20-14-16(6-9-21(20)25-22)23(27)26-10-12-28-13-11-26/h1-2,4-9,14,18-19,22,25H,3,10-13H2/t18-,19+,22-/m1/s1. The van der Waals surface area contributed by atoms with Gasteiger partial charge in [-0.25, -0.2) is 0 Å². The zero-order valence-electron chi connectivity index (χ0n) is 15.6. The Kier molecular flexibility index (Phi) is 4.73. The van der Waals surface area contributed by atoms with Crippen molar-refractivity contribution < 1.29 is 9.53 Å². The molecular weight excluding hydrogens is 416 g/mol. The first-order valence-corrected chi connectivity index (χ1v) is 10.7. The summed E-state index contributed by atoms with van der Waals surface area (Å²) >= 11 is 3.53. The number of allylic oxidation sites excluding steroid dienone is 2. The highest BCUT2D eigenvalue weighted by Crippen LogP contribution is 2.50. The van der Waals surface area contributed by atoms with Crippen LogP contribution in [0.5, 0.6) is 0 Å². The second kappa shape index (κ2) is 7.37. The largest absolute Gasteiger partial charge is 0.378 e. The molecule has 1 amide bonds. The fourth-order valence-electron chi connectivity index (χ4n) is 4.68. The number of carbonyl (C=O) groups excluding carboxylic acids is 1. The number of ether oxygens (including phenoxy) is 1. The van der Waals surface area contributed by atoms with E-state index in [1.54, 1.807) is 0 Å². The summed E-state index contributed by atoms with van der Waals surface area (Å²) in [7, 11) is 0. The third-order valence-corrected chi connectivity index (χ3v) is 6.67. The molecule has 3 atom stereocenters. The quantitative estimate of drug-likeness (QED) is 0.687. The minimum Gasteiger partial charge on any atom is -0.378 e. The zero-order chi connectivity index (χ0) is 19.1. The molecular formula is C23H23BrN2O2. The monoisotopic (exact) mass is 438 g/mol.